The summed E-state index contributed by atoms with van der Waals surface area (Å²) in [5.41, 5.74) is 8.73. The van der Waals surface area contributed by atoms with E-state index in [4.69, 9.17) is 5.73 Å². The van der Waals surface area contributed by atoms with Crippen LogP contribution in [0, 0.1) is 5.92 Å². The van der Waals surface area contributed by atoms with Crippen LogP contribution in [0.2, 0.25) is 0 Å². The van der Waals surface area contributed by atoms with Crippen LogP contribution in [0.1, 0.15) is 49.7 Å². The van der Waals surface area contributed by atoms with E-state index in [1.165, 1.54) is 30.4 Å². The normalized spacial score (nSPS) is 21.2. The van der Waals surface area contributed by atoms with Crippen LogP contribution >= 0.6 is 0 Å². The molecule has 3 nitrogen and oxygen atoms in total. The summed E-state index contributed by atoms with van der Waals surface area (Å²) in [5.74, 6) is 0.471. The number of benzene rings is 1. The van der Waals surface area contributed by atoms with Gasteiger partial charge < -0.3 is 5.73 Å². The molecular weight excluding hydrogens is 282 g/mol. The molecule has 1 aromatic carbocycles. The molecule has 2 aliphatic rings. The molecule has 2 aliphatic carbocycles. The van der Waals surface area contributed by atoms with Crippen LogP contribution in [0.3, 0.4) is 0 Å². The fourth-order valence-electron chi connectivity index (χ4n) is 3.79. The quantitative estimate of drug-likeness (QED) is 0.930. The summed E-state index contributed by atoms with van der Waals surface area (Å²) in [7, 11) is -3.26. The van der Waals surface area contributed by atoms with Gasteiger partial charge in [-0.1, -0.05) is 25.3 Å². The van der Waals surface area contributed by atoms with Gasteiger partial charge in [0.2, 0.25) is 0 Å². The molecule has 1 saturated carbocycles. The molecule has 116 valence electrons. The summed E-state index contributed by atoms with van der Waals surface area (Å²) in [4.78, 5) is 0.467. The van der Waals surface area contributed by atoms with E-state index in [9.17, 15) is 8.42 Å². The first-order valence-corrected chi connectivity index (χ1v) is 9.81. The minimum atomic E-state index is -3.26. The van der Waals surface area contributed by atoms with Gasteiger partial charge in [-0.2, -0.15) is 0 Å². The van der Waals surface area contributed by atoms with Crippen molar-refractivity contribution in [3.63, 3.8) is 0 Å². The molecule has 4 heteroatoms. The molecule has 3 rings (SSSR count). The van der Waals surface area contributed by atoms with E-state index >= 15 is 0 Å². The van der Waals surface area contributed by atoms with Crippen LogP contribution in [0.4, 0.5) is 0 Å². The topological polar surface area (TPSA) is 60.2 Å². The average molecular weight is 307 g/mol. The Labute approximate surface area is 127 Å². The molecule has 0 saturated heterocycles. The molecule has 1 atom stereocenters. The van der Waals surface area contributed by atoms with Gasteiger partial charge in [0.1, 0.15) is 0 Å². The summed E-state index contributed by atoms with van der Waals surface area (Å²) in [6, 6.07) is 5.42. The summed E-state index contributed by atoms with van der Waals surface area (Å²) in [5, 5.41) is 0. The molecule has 0 bridgehead atoms. The Kier molecular flexibility index (Phi) is 4.36. The lowest BCUT2D eigenvalue weighted by Gasteiger charge is -2.27. The van der Waals surface area contributed by atoms with Crippen molar-refractivity contribution in [1.29, 1.82) is 0 Å². The fraction of sp³-hybridized carbons (Fsp3) is 0.647. The minimum absolute atomic E-state index is 0.0937. The number of fused-ring (bicyclic) bond motifs is 1. The highest BCUT2D eigenvalue weighted by molar-refractivity contribution is 7.91. The maximum absolute atomic E-state index is 12.6. The summed E-state index contributed by atoms with van der Waals surface area (Å²) in [6.07, 6.45) is 9.04. The van der Waals surface area contributed by atoms with Crippen molar-refractivity contribution in [2.24, 2.45) is 11.7 Å². The molecule has 1 aromatic rings. The Morgan fingerprint density at radius 2 is 1.76 bits per heavy atom. The zero-order valence-corrected chi connectivity index (χ0v) is 13.4. The average Bonchev–Trinajstić information content (AvgIpc) is 2.95. The lowest BCUT2D eigenvalue weighted by atomic mass is 9.85. The Hall–Kier alpha value is -0.870. The van der Waals surface area contributed by atoms with Gasteiger partial charge >= 0.3 is 0 Å². The molecule has 0 spiro atoms. The van der Waals surface area contributed by atoms with Gasteiger partial charge in [-0.25, -0.2) is 8.42 Å². The molecule has 2 N–H and O–H groups in total. The Bertz CT molecular complexity index is 603. The van der Waals surface area contributed by atoms with Gasteiger partial charge in [0.15, 0.2) is 9.84 Å². The SMILES string of the molecule is NC(CS(=O)(=O)c1ccc2c(c1)CCC2)C1CCCCC1. The highest BCUT2D eigenvalue weighted by atomic mass is 32.2. The first-order chi connectivity index (χ1) is 10.1. The second-order valence-corrected chi connectivity index (χ2v) is 8.66. The predicted molar refractivity (Wildman–Crippen MR) is 85.1 cm³/mol. The molecule has 1 unspecified atom stereocenters. The molecule has 0 amide bonds. The van der Waals surface area contributed by atoms with Gasteiger partial charge in [-0.15, -0.1) is 0 Å². The first-order valence-electron chi connectivity index (χ1n) is 8.16. The van der Waals surface area contributed by atoms with E-state index in [1.807, 2.05) is 12.1 Å². The maximum Gasteiger partial charge on any atom is 0.179 e. The van der Waals surface area contributed by atoms with Crippen LogP contribution in [0.25, 0.3) is 0 Å². The Morgan fingerprint density at radius 1 is 1.05 bits per heavy atom. The number of hydrogen-bond acceptors (Lipinski definition) is 3. The van der Waals surface area contributed by atoms with E-state index in [0.29, 0.717) is 10.8 Å². The van der Waals surface area contributed by atoms with Crippen molar-refractivity contribution in [2.45, 2.75) is 62.3 Å². The summed E-state index contributed by atoms with van der Waals surface area (Å²) >= 11 is 0. The van der Waals surface area contributed by atoms with Crippen molar-refractivity contribution < 1.29 is 8.42 Å². The van der Waals surface area contributed by atoms with Gasteiger partial charge in [0, 0.05) is 6.04 Å². The second-order valence-electron chi connectivity index (χ2n) is 6.63. The lowest BCUT2D eigenvalue weighted by Crippen LogP contribution is -2.38. The largest absolute Gasteiger partial charge is 0.327 e. The van der Waals surface area contributed by atoms with Crippen molar-refractivity contribution in [3.05, 3.63) is 29.3 Å². The number of rotatable bonds is 4. The lowest BCUT2D eigenvalue weighted by molar-refractivity contribution is 0.317. The predicted octanol–water partition coefficient (Wildman–Crippen LogP) is 2.86. The number of sulfone groups is 1. The second kappa shape index (κ2) is 6.09. The smallest absolute Gasteiger partial charge is 0.179 e. The minimum Gasteiger partial charge on any atom is -0.327 e. The summed E-state index contributed by atoms with van der Waals surface area (Å²) < 4.78 is 25.2. The van der Waals surface area contributed by atoms with Gasteiger partial charge in [-0.05, 0) is 61.3 Å². The van der Waals surface area contributed by atoms with E-state index in [2.05, 4.69) is 0 Å². The third-order valence-corrected chi connectivity index (χ3v) is 6.89. The third kappa shape index (κ3) is 3.32. The fourth-order valence-corrected chi connectivity index (χ4v) is 5.36. The highest BCUT2D eigenvalue weighted by Gasteiger charge is 2.27. The van der Waals surface area contributed by atoms with Crippen LogP contribution in [-0.2, 0) is 22.7 Å². The highest BCUT2D eigenvalue weighted by Crippen LogP contribution is 2.29. The number of nitrogens with two attached hydrogens (primary N) is 1. The van der Waals surface area contributed by atoms with E-state index in [0.717, 1.165) is 32.1 Å². The van der Waals surface area contributed by atoms with Crippen LogP contribution in [0.5, 0.6) is 0 Å². The standard InChI is InChI=1S/C17H25NO2S/c18-17(14-5-2-1-3-6-14)12-21(19,20)16-10-9-13-7-4-8-15(13)11-16/h9-11,14,17H,1-8,12,18H2. The van der Waals surface area contributed by atoms with Gasteiger partial charge in [0.05, 0.1) is 10.6 Å². The van der Waals surface area contributed by atoms with Crippen LogP contribution in [0.15, 0.2) is 23.1 Å². The molecule has 0 aromatic heterocycles. The van der Waals surface area contributed by atoms with Gasteiger partial charge in [-0.3, -0.25) is 0 Å². The zero-order valence-electron chi connectivity index (χ0n) is 12.6. The Balaban J connectivity index is 1.74. The van der Waals surface area contributed by atoms with E-state index in [1.54, 1.807) is 6.07 Å². The molecule has 21 heavy (non-hydrogen) atoms. The summed E-state index contributed by atoms with van der Waals surface area (Å²) in [6.45, 7) is 0. The van der Waals surface area contributed by atoms with E-state index < -0.39 is 9.84 Å². The molecule has 1 fully saturated rings. The number of aryl methyl sites for hydroxylation is 2. The van der Waals surface area contributed by atoms with Crippen molar-refractivity contribution in [3.8, 4) is 0 Å². The number of hydrogen-bond donors (Lipinski definition) is 1. The monoisotopic (exact) mass is 307 g/mol. The maximum atomic E-state index is 12.6. The molecular formula is C17H25NO2S. The van der Waals surface area contributed by atoms with Crippen molar-refractivity contribution in [1.82, 2.24) is 0 Å². The molecule has 0 radical (unpaired) electrons. The third-order valence-electron chi connectivity index (χ3n) is 5.10. The zero-order chi connectivity index (χ0) is 14.9. The van der Waals surface area contributed by atoms with Crippen molar-refractivity contribution in [2.75, 3.05) is 5.75 Å². The van der Waals surface area contributed by atoms with Crippen LogP contribution < -0.4 is 5.73 Å². The van der Waals surface area contributed by atoms with Gasteiger partial charge in [0.25, 0.3) is 0 Å². The molecule has 0 aliphatic heterocycles. The first kappa shape index (κ1) is 15.0. The van der Waals surface area contributed by atoms with E-state index in [-0.39, 0.29) is 11.8 Å². The Morgan fingerprint density at radius 3 is 2.52 bits per heavy atom. The van der Waals surface area contributed by atoms with Crippen LogP contribution in [-0.4, -0.2) is 20.2 Å². The van der Waals surface area contributed by atoms with Crippen molar-refractivity contribution >= 4 is 9.84 Å². The molecule has 0 heterocycles.